The maximum Gasteiger partial charge on any atom is 1.00 e. The fraction of sp³-hybridized carbons (Fsp3) is 0.800. The largest absolute Gasteiger partial charge is 1.00 e. The van der Waals surface area contributed by atoms with Crippen LogP contribution in [0.25, 0.3) is 0 Å². The van der Waals surface area contributed by atoms with Gasteiger partial charge in [-0.3, -0.25) is 0 Å². The van der Waals surface area contributed by atoms with Gasteiger partial charge in [-0.05, 0) is 20.8 Å². The summed E-state index contributed by atoms with van der Waals surface area (Å²) in [5.74, 6) is 0. The molecule has 0 unspecified atom stereocenters. The Bertz CT molecular complexity index is 67.1. The molecule has 0 atom stereocenters. The van der Waals surface area contributed by atoms with Gasteiger partial charge in [0.05, 0.1) is 5.60 Å². The maximum atomic E-state index is 9.47. The monoisotopic (exact) mass is 142 g/mol. The van der Waals surface area contributed by atoms with E-state index < -0.39 is 0 Å². The van der Waals surface area contributed by atoms with Crippen molar-refractivity contribution in [1.82, 2.24) is 0 Å². The zero-order valence-electron chi connectivity index (χ0n) is 6.32. The first-order valence-electron chi connectivity index (χ1n) is 2.11. The summed E-state index contributed by atoms with van der Waals surface area (Å²) in [6.07, 6.45) is 0. The summed E-state index contributed by atoms with van der Waals surface area (Å²) >= 11 is 0. The fourth-order valence-corrected chi connectivity index (χ4v) is 0.125. The van der Waals surface area contributed by atoms with Crippen molar-refractivity contribution < 1.29 is 44.6 Å². The molecule has 9 heavy (non-hydrogen) atoms. The van der Waals surface area contributed by atoms with Crippen molar-refractivity contribution in [3.05, 3.63) is 0 Å². The van der Waals surface area contributed by atoms with Crippen molar-refractivity contribution in [1.29, 1.82) is 0 Å². The Morgan fingerprint density at radius 2 is 1.67 bits per heavy atom. The van der Waals surface area contributed by atoms with Gasteiger partial charge in [-0.1, -0.05) is 6.47 Å². The van der Waals surface area contributed by atoms with Crippen LogP contribution in [0.15, 0.2) is 0 Å². The Balaban J connectivity index is -0.000000180. The third-order valence-electron chi connectivity index (χ3n) is 0.348. The minimum absolute atomic E-state index is 0. The summed E-state index contributed by atoms with van der Waals surface area (Å²) in [5.41, 5.74) is -0.373. The van der Waals surface area contributed by atoms with E-state index in [9.17, 15) is 4.79 Å². The van der Waals surface area contributed by atoms with E-state index in [4.69, 9.17) is 0 Å². The molecule has 0 amide bonds. The smallest absolute Gasteiger partial charge is 0.649 e. The Morgan fingerprint density at radius 1 is 1.33 bits per heavy atom. The molecule has 0 spiro atoms. The van der Waals surface area contributed by atoms with Crippen molar-refractivity contribution in [2.24, 2.45) is 0 Å². The van der Waals surface area contributed by atoms with Crippen molar-refractivity contribution in [2.45, 2.75) is 26.4 Å². The number of carbonyl (C=O) groups excluding carboxylic acids is 1. The summed E-state index contributed by atoms with van der Waals surface area (Å²) in [7, 11) is 0. The second-order valence-corrected chi connectivity index (χ2v) is 2.30. The number of hydrogen-bond donors (Lipinski definition) is 0. The average molecular weight is 142 g/mol. The van der Waals surface area contributed by atoms with Gasteiger partial charge < -0.3 is 15.0 Å². The van der Waals surface area contributed by atoms with E-state index in [1.165, 1.54) is 6.47 Å². The number of hydrogen-bond acceptors (Lipinski definition) is 2. The van der Waals surface area contributed by atoms with Crippen LogP contribution in [0, 0.1) is 0 Å². The molecule has 3 nitrogen and oxygen atoms in total. The standard InChI is InChI=1S/C5H9O2.Na.H2O/c1-5(2,3)7-4-6;;/h1-3H3;;1H2/q-1;+1;. The Kier molecular flexibility index (Phi) is 11.8. The van der Waals surface area contributed by atoms with Crippen LogP contribution in [0.2, 0.25) is 0 Å². The van der Waals surface area contributed by atoms with Crippen LogP contribution in [-0.2, 0) is 9.53 Å². The van der Waals surface area contributed by atoms with Crippen LogP contribution < -0.4 is 29.6 Å². The molecule has 0 aromatic rings. The summed E-state index contributed by atoms with van der Waals surface area (Å²) in [6.45, 7) is 6.73. The molecule has 0 aromatic carbocycles. The minimum atomic E-state index is -0.373. The SMILES string of the molecule is CC(C)(C)O[C-]=O.O.[Na+]. The number of ether oxygens (including phenoxy) is 1. The molecule has 0 saturated carbocycles. The van der Waals surface area contributed by atoms with Gasteiger partial charge in [-0.2, -0.15) is 0 Å². The molecule has 0 fully saturated rings. The molecule has 0 aliphatic rings. The van der Waals surface area contributed by atoms with E-state index in [1.807, 2.05) is 0 Å². The third-order valence-corrected chi connectivity index (χ3v) is 0.348. The van der Waals surface area contributed by atoms with Crippen molar-refractivity contribution in [2.75, 3.05) is 0 Å². The minimum Gasteiger partial charge on any atom is -0.649 e. The summed E-state index contributed by atoms with van der Waals surface area (Å²) in [5, 5.41) is 0. The van der Waals surface area contributed by atoms with Crippen LogP contribution in [0.1, 0.15) is 20.8 Å². The van der Waals surface area contributed by atoms with Crippen LogP contribution >= 0.6 is 0 Å². The summed E-state index contributed by atoms with van der Waals surface area (Å²) in [6, 6.07) is 0. The molecule has 50 valence electrons. The zero-order valence-corrected chi connectivity index (χ0v) is 8.32. The first kappa shape index (κ1) is 16.2. The van der Waals surface area contributed by atoms with Gasteiger partial charge >= 0.3 is 29.6 Å². The van der Waals surface area contributed by atoms with Crippen LogP contribution in [0.3, 0.4) is 0 Å². The normalized spacial score (nSPS) is 8.33. The molecule has 0 aliphatic carbocycles. The summed E-state index contributed by atoms with van der Waals surface area (Å²) < 4.78 is 4.42. The van der Waals surface area contributed by atoms with Crippen LogP contribution in [0.4, 0.5) is 0 Å². The van der Waals surface area contributed by atoms with E-state index in [0.717, 1.165) is 0 Å². The van der Waals surface area contributed by atoms with Gasteiger partial charge in [0.1, 0.15) is 0 Å². The average Bonchev–Trinajstić information content (AvgIpc) is 1.30. The molecule has 0 heterocycles. The predicted octanol–water partition coefficient (Wildman–Crippen LogP) is -2.95. The topological polar surface area (TPSA) is 57.8 Å². The van der Waals surface area contributed by atoms with Gasteiger partial charge in [0.25, 0.3) is 0 Å². The van der Waals surface area contributed by atoms with E-state index in [2.05, 4.69) is 4.74 Å². The third kappa shape index (κ3) is 17.8. The molecule has 2 N–H and O–H groups in total. The molecule has 0 radical (unpaired) electrons. The molecule has 0 bridgehead atoms. The Hall–Kier alpha value is 0.430. The Labute approximate surface area is 77.4 Å². The van der Waals surface area contributed by atoms with Gasteiger partial charge in [0, 0.05) is 0 Å². The van der Waals surface area contributed by atoms with E-state index in [-0.39, 0.29) is 40.6 Å². The van der Waals surface area contributed by atoms with Gasteiger partial charge in [0.15, 0.2) is 0 Å². The zero-order chi connectivity index (χ0) is 5.91. The van der Waals surface area contributed by atoms with Gasteiger partial charge in [0.2, 0.25) is 0 Å². The second kappa shape index (κ2) is 6.55. The first-order valence-corrected chi connectivity index (χ1v) is 2.11. The van der Waals surface area contributed by atoms with Crippen LogP contribution in [0.5, 0.6) is 0 Å². The van der Waals surface area contributed by atoms with Crippen molar-refractivity contribution >= 4 is 6.47 Å². The molecule has 0 rings (SSSR count). The first-order chi connectivity index (χ1) is 3.06. The Morgan fingerprint density at radius 3 is 1.67 bits per heavy atom. The van der Waals surface area contributed by atoms with Gasteiger partial charge in [-0.25, -0.2) is 0 Å². The number of rotatable bonds is 1. The maximum absolute atomic E-state index is 9.47. The molecule has 0 aliphatic heterocycles. The van der Waals surface area contributed by atoms with E-state index in [0.29, 0.717) is 0 Å². The van der Waals surface area contributed by atoms with Gasteiger partial charge in [-0.15, -0.1) is 0 Å². The molecule has 4 heteroatoms. The van der Waals surface area contributed by atoms with Crippen molar-refractivity contribution in [3.8, 4) is 0 Å². The fourth-order valence-electron chi connectivity index (χ4n) is 0.125. The summed E-state index contributed by atoms with van der Waals surface area (Å²) in [4.78, 5) is 9.47. The van der Waals surface area contributed by atoms with E-state index in [1.54, 1.807) is 20.8 Å². The quantitative estimate of drug-likeness (QED) is 0.290. The van der Waals surface area contributed by atoms with Crippen molar-refractivity contribution in [3.63, 3.8) is 0 Å². The molecule has 0 aromatic heterocycles. The van der Waals surface area contributed by atoms with E-state index >= 15 is 0 Å². The predicted molar refractivity (Wildman–Crippen MR) is 30.1 cm³/mol. The molecular weight excluding hydrogens is 131 g/mol. The van der Waals surface area contributed by atoms with Crippen LogP contribution in [-0.4, -0.2) is 17.5 Å². The molecular formula is C5H11NaO3. The second-order valence-electron chi connectivity index (χ2n) is 2.30. The molecule has 0 saturated heterocycles.